The third kappa shape index (κ3) is 2.60. The first-order valence-corrected chi connectivity index (χ1v) is 6.69. The monoisotopic (exact) mass is 287 g/mol. The summed E-state index contributed by atoms with van der Waals surface area (Å²) in [6.45, 7) is 0. The lowest BCUT2D eigenvalue weighted by molar-refractivity contribution is 0.103. The van der Waals surface area contributed by atoms with Crippen LogP contribution in [0.3, 0.4) is 0 Å². The highest BCUT2D eigenvalue weighted by atomic mass is 32.1. The molecule has 2 heterocycles. The number of carbonyl (C=O) groups excluding carboxylic acids is 1. The van der Waals surface area contributed by atoms with E-state index in [-0.39, 0.29) is 11.0 Å². The number of nitrogens with zero attached hydrogens (tertiary/aromatic N) is 2. The maximum absolute atomic E-state index is 12.9. The summed E-state index contributed by atoms with van der Waals surface area (Å²) in [5, 5.41) is 2.35. The summed E-state index contributed by atoms with van der Waals surface area (Å²) >= 11 is 0.825. The Kier molecular flexibility index (Phi) is 3.30. The van der Waals surface area contributed by atoms with Crippen molar-refractivity contribution in [3.05, 3.63) is 65.1 Å². The van der Waals surface area contributed by atoms with Crippen molar-refractivity contribution >= 4 is 22.9 Å². The Morgan fingerprint density at radius 1 is 1.20 bits per heavy atom. The minimum absolute atomic E-state index is 0.311. The predicted octanol–water partition coefficient (Wildman–Crippen LogP) is 3.33. The molecule has 0 aliphatic heterocycles. The Morgan fingerprint density at radius 2 is 2.00 bits per heavy atom. The van der Waals surface area contributed by atoms with Gasteiger partial charge in [-0.05, 0) is 36.4 Å². The molecule has 4 nitrogen and oxygen atoms in total. The Hall–Kier alpha value is -2.47. The van der Waals surface area contributed by atoms with Crippen molar-refractivity contribution in [1.29, 1.82) is 0 Å². The number of benzene rings is 1. The van der Waals surface area contributed by atoms with E-state index in [1.807, 2.05) is 22.9 Å². The molecule has 3 rings (SSSR count). The fourth-order valence-electron chi connectivity index (χ4n) is 1.76. The quantitative estimate of drug-likeness (QED) is 0.803. The summed E-state index contributed by atoms with van der Waals surface area (Å²) in [6, 6.07) is 10.1. The molecule has 0 spiro atoms. The van der Waals surface area contributed by atoms with Crippen LogP contribution in [0.25, 0.3) is 5.69 Å². The number of halogens is 1. The lowest BCUT2D eigenvalue weighted by Crippen LogP contribution is -2.09. The van der Waals surface area contributed by atoms with Crippen LogP contribution in [0, 0.1) is 5.13 Å². The number of rotatable bonds is 3. The smallest absolute Gasteiger partial charge is 0.265 e. The summed E-state index contributed by atoms with van der Waals surface area (Å²) in [4.78, 5) is 16.2. The van der Waals surface area contributed by atoms with E-state index >= 15 is 0 Å². The Morgan fingerprint density at radius 3 is 2.60 bits per heavy atom. The SMILES string of the molecule is O=C(Nc1ccc(-n2ccnc2)cc1)c1ccc(F)s1. The van der Waals surface area contributed by atoms with E-state index in [1.165, 1.54) is 12.1 Å². The van der Waals surface area contributed by atoms with Gasteiger partial charge in [0.1, 0.15) is 0 Å². The minimum atomic E-state index is -0.370. The average Bonchev–Trinajstić information content (AvgIpc) is 3.10. The molecular formula is C14H10FN3OS. The summed E-state index contributed by atoms with van der Waals surface area (Å²) in [5.74, 6) is -0.311. The number of amides is 1. The lowest BCUT2D eigenvalue weighted by Gasteiger charge is -2.06. The molecule has 100 valence electrons. The molecule has 1 aromatic carbocycles. The van der Waals surface area contributed by atoms with Gasteiger partial charge < -0.3 is 9.88 Å². The topological polar surface area (TPSA) is 46.9 Å². The number of aromatic nitrogens is 2. The third-order valence-electron chi connectivity index (χ3n) is 2.72. The molecule has 0 aliphatic carbocycles. The van der Waals surface area contributed by atoms with Gasteiger partial charge in [-0.25, -0.2) is 4.98 Å². The molecule has 0 radical (unpaired) electrons. The largest absolute Gasteiger partial charge is 0.321 e. The molecule has 1 amide bonds. The van der Waals surface area contributed by atoms with Crippen LogP contribution in [0.15, 0.2) is 55.1 Å². The third-order valence-corrected chi connectivity index (χ3v) is 3.60. The molecule has 0 fully saturated rings. The Balaban J connectivity index is 1.74. The Bertz CT molecular complexity index is 719. The molecular weight excluding hydrogens is 277 g/mol. The zero-order valence-corrected chi connectivity index (χ0v) is 11.1. The molecule has 0 saturated heterocycles. The van der Waals surface area contributed by atoms with Crippen molar-refractivity contribution in [2.45, 2.75) is 0 Å². The molecule has 3 aromatic rings. The molecule has 0 aliphatic rings. The molecule has 0 unspecified atom stereocenters. The van der Waals surface area contributed by atoms with Gasteiger partial charge in [0.25, 0.3) is 5.91 Å². The fourth-order valence-corrected chi connectivity index (χ4v) is 2.38. The average molecular weight is 287 g/mol. The van der Waals surface area contributed by atoms with E-state index in [0.29, 0.717) is 10.6 Å². The van der Waals surface area contributed by atoms with Gasteiger partial charge in [-0.3, -0.25) is 4.79 Å². The second-order valence-electron chi connectivity index (χ2n) is 4.07. The van der Waals surface area contributed by atoms with Crippen LogP contribution in [0.2, 0.25) is 0 Å². The molecule has 0 atom stereocenters. The number of imidazole rings is 1. The Labute approximate surface area is 118 Å². The zero-order valence-electron chi connectivity index (χ0n) is 10.3. The van der Waals surface area contributed by atoms with Crippen LogP contribution in [0.5, 0.6) is 0 Å². The molecule has 1 N–H and O–H groups in total. The normalized spacial score (nSPS) is 10.4. The van der Waals surface area contributed by atoms with E-state index < -0.39 is 0 Å². The maximum Gasteiger partial charge on any atom is 0.265 e. The summed E-state index contributed by atoms with van der Waals surface area (Å²) in [5.41, 5.74) is 1.61. The number of nitrogens with one attached hydrogen (secondary N) is 1. The van der Waals surface area contributed by atoms with Gasteiger partial charge in [0.15, 0.2) is 5.13 Å². The van der Waals surface area contributed by atoms with Crippen molar-refractivity contribution in [3.63, 3.8) is 0 Å². The number of anilines is 1. The second-order valence-corrected chi connectivity index (χ2v) is 5.11. The number of hydrogen-bond donors (Lipinski definition) is 1. The van der Waals surface area contributed by atoms with Crippen LogP contribution in [-0.4, -0.2) is 15.5 Å². The molecule has 6 heteroatoms. The van der Waals surface area contributed by atoms with Crippen LogP contribution >= 0.6 is 11.3 Å². The van der Waals surface area contributed by atoms with Crippen LogP contribution < -0.4 is 5.32 Å². The van der Waals surface area contributed by atoms with Gasteiger partial charge in [-0.1, -0.05) is 0 Å². The van der Waals surface area contributed by atoms with Gasteiger partial charge in [0.2, 0.25) is 0 Å². The number of hydrogen-bond acceptors (Lipinski definition) is 3. The first-order valence-electron chi connectivity index (χ1n) is 5.87. The second kappa shape index (κ2) is 5.26. The van der Waals surface area contributed by atoms with E-state index in [1.54, 1.807) is 24.7 Å². The van der Waals surface area contributed by atoms with E-state index in [4.69, 9.17) is 0 Å². The van der Waals surface area contributed by atoms with Crippen molar-refractivity contribution in [2.75, 3.05) is 5.32 Å². The zero-order chi connectivity index (χ0) is 13.9. The van der Waals surface area contributed by atoms with E-state index in [2.05, 4.69) is 10.3 Å². The predicted molar refractivity (Wildman–Crippen MR) is 75.8 cm³/mol. The van der Waals surface area contributed by atoms with E-state index in [9.17, 15) is 9.18 Å². The van der Waals surface area contributed by atoms with Gasteiger partial charge in [-0.15, -0.1) is 11.3 Å². The molecule has 0 bridgehead atoms. The van der Waals surface area contributed by atoms with Gasteiger partial charge >= 0.3 is 0 Å². The standard InChI is InChI=1S/C14H10FN3OS/c15-13-6-5-12(20-13)14(19)17-10-1-3-11(4-2-10)18-8-7-16-9-18/h1-9H,(H,17,19). The van der Waals surface area contributed by atoms with Crippen LogP contribution in [0.1, 0.15) is 9.67 Å². The van der Waals surface area contributed by atoms with Crippen LogP contribution in [0.4, 0.5) is 10.1 Å². The highest BCUT2D eigenvalue weighted by molar-refractivity contribution is 7.12. The van der Waals surface area contributed by atoms with Gasteiger partial charge in [-0.2, -0.15) is 4.39 Å². The summed E-state index contributed by atoms with van der Waals surface area (Å²) in [7, 11) is 0. The number of carbonyl (C=O) groups is 1. The van der Waals surface area contributed by atoms with Gasteiger partial charge in [0, 0.05) is 23.8 Å². The maximum atomic E-state index is 12.9. The minimum Gasteiger partial charge on any atom is -0.321 e. The van der Waals surface area contributed by atoms with Gasteiger partial charge in [0.05, 0.1) is 11.2 Å². The highest BCUT2D eigenvalue weighted by Crippen LogP contribution is 2.18. The van der Waals surface area contributed by atoms with Crippen LogP contribution in [-0.2, 0) is 0 Å². The molecule has 0 saturated carbocycles. The summed E-state index contributed by atoms with van der Waals surface area (Å²) in [6.07, 6.45) is 5.23. The van der Waals surface area contributed by atoms with Crippen molar-refractivity contribution in [3.8, 4) is 5.69 Å². The first-order chi connectivity index (χ1) is 9.72. The molecule has 20 heavy (non-hydrogen) atoms. The summed E-state index contributed by atoms with van der Waals surface area (Å²) < 4.78 is 14.7. The highest BCUT2D eigenvalue weighted by Gasteiger charge is 2.09. The fraction of sp³-hybridized carbons (Fsp3) is 0. The molecule has 2 aromatic heterocycles. The lowest BCUT2D eigenvalue weighted by atomic mass is 10.2. The van der Waals surface area contributed by atoms with E-state index in [0.717, 1.165) is 17.0 Å². The first kappa shape index (κ1) is 12.6. The van der Waals surface area contributed by atoms with Crippen molar-refractivity contribution in [1.82, 2.24) is 9.55 Å². The number of thiophene rings is 1. The van der Waals surface area contributed by atoms with Crippen molar-refractivity contribution in [2.24, 2.45) is 0 Å². The van der Waals surface area contributed by atoms with Crippen molar-refractivity contribution < 1.29 is 9.18 Å².